The van der Waals surface area contributed by atoms with E-state index in [1.54, 1.807) is 18.3 Å². The molecule has 0 spiro atoms. The molecule has 0 saturated carbocycles. The number of amides is 1. The Morgan fingerprint density at radius 1 is 1.32 bits per heavy atom. The van der Waals surface area contributed by atoms with E-state index in [0.29, 0.717) is 0 Å². The molecular weight excluding hydrogens is 240 g/mol. The number of hydrogen-bond acceptors (Lipinski definition) is 2. The Kier molecular flexibility index (Phi) is 6.93. The van der Waals surface area contributed by atoms with Crippen LogP contribution >= 0.6 is 0 Å². The highest BCUT2D eigenvalue weighted by Gasteiger charge is 2.08. The summed E-state index contributed by atoms with van der Waals surface area (Å²) in [5.74, 6) is -0.101. The Bertz CT molecular complexity index is 440. The second-order valence-electron chi connectivity index (χ2n) is 4.98. The van der Waals surface area contributed by atoms with Crippen molar-refractivity contribution in [2.75, 3.05) is 0 Å². The summed E-state index contributed by atoms with van der Waals surface area (Å²) >= 11 is 0. The molecule has 1 aromatic rings. The lowest BCUT2D eigenvalue weighted by molar-refractivity contribution is -0.122. The van der Waals surface area contributed by atoms with Crippen molar-refractivity contribution in [1.29, 1.82) is 0 Å². The van der Waals surface area contributed by atoms with Crippen molar-refractivity contribution in [3.05, 3.63) is 34.7 Å². The number of carbonyl (C=O) groups excluding carboxylic acids is 1. The maximum Gasteiger partial charge on any atom is 0.250 e. The smallest absolute Gasteiger partial charge is 0.250 e. The first-order valence-electron chi connectivity index (χ1n) is 7.08. The highest BCUT2D eigenvalue weighted by Crippen LogP contribution is 2.05. The van der Waals surface area contributed by atoms with Crippen LogP contribution in [0.3, 0.4) is 0 Å². The summed E-state index contributed by atoms with van der Waals surface area (Å²) in [6.07, 6.45) is 7.45. The van der Waals surface area contributed by atoms with E-state index in [9.17, 15) is 9.59 Å². The Morgan fingerprint density at radius 3 is 2.79 bits per heavy atom. The van der Waals surface area contributed by atoms with Crippen molar-refractivity contribution < 1.29 is 4.79 Å². The zero-order chi connectivity index (χ0) is 14.1. The second kappa shape index (κ2) is 8.51. The third-order valence-corrected chi connectivity index (χ3v) is 3.11. The van der Waals surface area contributed by atoms with Crippen LogP contribution in [-0.4, -0.2) is 16.5 Å². The average molecular weight is 264 g/mol. The van der Waals surface area contributed by atoms with Gasteiger partial charge in [-0.2, -0.15) is 0 Å². The van der Waals surface area contributed by atoms with Gasteiger partial charge in [-0.05, 0) is 19.4 Å². The van der Waals surface area contributed by atoms with Crippen molar-refractivity contribution in [2.24, 2.45) is 0 Å². The van der Waals surface area contributed by atoms with E-state index in [1.807, 2.05) is 6.92 Å². The summed E-state index contributed by atoms with van der Waals surface area (Å²) in [4.78, 5) is 23.3. The van der Waals surface area contributed by atoms with Crippen molar-refractivity contribution in [1.82, 2.24) is 9.88 Å². The second-order valence-corrected chi connectivity index (χ2v) is 4.98. The molecule has 1 heterocycles. The van der Waals surface area contributed by atoms with E-state index in [-0.39, 0.29) is 24.1 Å². The van der Waals surface area contributed by atoms with Gasteiger partial charge in [0.1, 0.15) is 6.54 Å². The summed E-state index contributed by atoms with van der Waals surface area (Å²) in [6, 6.07) is 5.06. The van der Waals surface area contributed by atoms with E-state index >= 15 is 0 Å². The van der Waals surface area contributed by atoms with Crippen LogP contribution in [0.5, 0.6) is 0 Å². The first-order chi connectivity index (χ1) is 9.13. The van der Waals surface area contributed by atoms with Gasteiger partial charge < -0.3 is 9.88 Å². The molecule has 0 aliphatic carbocycles. The highest BCUT2D eigenvalue weighted by atomic mass is 16.2. The lowest BCUT2D eigenvalue weighted by Gasteiger charge is -2.14. The van der Waals surface area contributed by atoms with Gasteiger partial charge in [-0.25, -0.2) is 0 Å². The summed E-state index contributed by atoms with van der Waals surface area (Å²) in [6.45, 7) is 4.29. The van der Waals surface area contributed by atoms with Gasteiger partial charge in [0.05, 0.1) is 0 Å². The molecule has 4 nitrogen and oxygen atoms in total. The zero-order valence-electron chi connectivity index (χ0n) is 11.9. The Balaban J connectivity index is 2.31. The minimum atomic E-state index is -0.145. The molecule has 0 aromatic carbocycles. The van der Waals surface area contributed by atoms with E-state index < -0.39 is 0 Å². The molecular formula is C15H24N2O2. The van der Waals surface area contributed by atoms with Crippen molar-refractivity contribution in [3.8, 4) is 0 Å². The molecule has 0 bridgehead atoms. The van der Waals surface area contributed by atoms with Crippen LogP contribution in [0.2, 0.25) is 0 Å². The topological polar surface area (TPSA) is 51.1 Å². The Hall–Kier alpha value is -1.58. The zero-order valence-corrected chi connectivity index (χ0v) is 11.9. The first kappa shape index (κ1) is 15.5. The van der Waals surface area contributed by atoms with Gasteiger partial charge >= 0.3 is 0 Å². The SMILES string of the molecule is CCCCCC[C@@H](C)NC(=O)Cn1ccccc1=O. The highest BCUT2D eigenvalue weighted by molar-refractivity contribution is 5.75. The maximum absolute atomic E-state index is 11.8. The fraction of sp³-hybridized carbons (Fsp3) is 0.600. The Labute approximate surface area is 114 Å². The van der Waals surface area contributed by atoms with Crippen molar-refractivity contribution in [3.63, 3.8) is 0 Å². The lowest BCUT2D eigenvalue weighted by Crippen LogP contribution is -2.37. The molecule has 1 N–H and O–H groups in total. The summed E-state index contributed by atoms with van der Waals surface area (Å²) in [5.41, 5.74) is -0.145. The molecule has 1 rings (SSSR count). The predicted octanol–water partition coefficient (Wildman–Crippen LogP) is 2.32. The molecule has 4 heteroatoms. The molecule has 106 valence electrons. The molecule has 0 saturated heterocycles. The van der Waals surface area contributed by atoms with Crippen LogP contribution in [0.15, 0.2) is 29.2 Å². The number of hydrogen-bond donors (Lipinski definition) is 1. The minimum absolute atomic E-state index is 0.0962. The fourth-order valence-corrected chi connectivity index (χ4v) is 2.02. The summed E-state index contributed by atoms with van der Waals surface area (Å²) in [5, 5.41) is 2.93. The van der Waals surface area contributed by atoms with Gasteiger partial charge in [-0.15, -0.1) is 0 Å². The molecule has 1 aromatic heterocycles. The van der Waals surface area contributed by atoms with E-state index in [1.165, 1.54) is 29.9 Å². The number of carbonyl (C=O) groups is 1. The van der Waals surface area contributed by atoms with Gasteiger partial charge in [0, 0.05) is 18.3 Å². The average Bonchev–Trinajstić information content (AvgIpc) is 2.37. The number of aromatic nitrogens is 1. The number of unbranched alkanes of at least 4 members (excludes halogenated alkanes) is 3. The van der Waals surface area contributed by atoms with Gasteiger partial charge in [0.25, 0.3) is 5.56 Å². The monoisotopic (exact) mass is 264 g/mol. The molecule has 19 heavy (non-hydrogen) atoms. The number of nitrogens with one attached hydrogen (secondary N) is 1. The quantitative estimate of drug-likeness (QED) is 0.733. The molecule has 1 amide bonds. The minimum Gasteiger partial charge on any atom is -0.352 e. The largest absolute Gasteiger partial charge is 0.352 e. The van der Waals surface area contributed by atoms with Gasteiger partial charge in [0.15, 0.2) is 0 Å². The van der Waals surface area contributed by atoms with E-state index in [0.717, 1.165) is 12.8 Å². The van der Waals surface area contributed by atoms with Crippen molar-refractivity contribution in [2.45, 2.75) is 58.5 Å². The summed E-state index contributed by atoms with van der Waals surface area (Å²) in [7, 11) is 0. The molecule has 0 aliphatic heterocycles. The van der Waals surface area contributed by atoms with Gasteiger partial charge in [-0.1, -0.05) is 38.7 Å². The van der Waals surface area contributed by atoms with Crippen LogP contribution in [0.25, 0.3) is 0 Å². The Morgan fingerprint density at radius 2 is 2.11 bits per heavy atom. The molecule has 0 aliphatic rings. The maximum atomic E-state index is 11.8. The normalized spacial score (nSPS) is 12.1. The third kappa shape index (κ3) is 6.22. The van der Waals surface area contributed by atoms with Crippen LogP contribution in [0, 0.1) is 0 Å². The lowest BCUT2D eigenvalue weighted by atomic mass is 10.1. The molecule has 1 atom stereocenters. The number of nitrogens with zero attached hydrogens (tertiary/aromatic N) is 1. The van der Waals surface area contributed by atoms with Crippen LogP contribution in [0.4, 0.5) is 0 Å². The standard InChI is InChI=1S/C15H24N2O2/c1-3-4-5-6-9-13(2)16-14(18)12-17-11-8-7-10-15(17)19/h7-8,10-11,13H,3-6,9,12H2,1-2H3,(H,16,18)/t13-/m1/s1. The van der Waals surface area contributed by atoms with Crippen LogP contribution in [0.1, 0.15) is 46.0 Å². The number of pyridine rings is 1. The van der Waals surface area contributed by atoms with Crippen LogP contribution in [-0.2, 0) is 11.3 Å². The van der Waals surface area contributed by atoms with Crippen molar-refractivity contribution >= 4 is 5.91 Å². The first-order valence-corrected chi connectivity index (χ1v) is 7.08. The fourth-order valence-electron chi connectivity index (χ4n) is 2.02. The molecule has 0 unspecified atom stereocenters. The summed E-state index contributed by atoms with van der Waals surface area (Å²) < 4.78 is 1.42. The third-order valence-electron chi connectivity index (χ3n) is 3.11. The van der Waals surface area contributed by atoms with E-state index in [2.05, 4.69) is 12.2 Å². The van der Waals surface area contributed by atoms with Gasteiger partial charge in [0.2, 0.25) is 5.91 Å². The number of rotatable bonds is 8. The van der Waals surface area contributed by atoms with Crippen LogP contribution < -0.4 is 10.9 Å². The molecule has 0 fully saturated rings. The van der Waals surface area contributed by atoms with Gasteiger partial charge in [-0.3, -0.25) is 9.59 Å². The van der Waals surface area contributed by atoms with E-state index in [4.69, 9.17) is 0 Å². The predicted molar refractivity (Wildman–Crippen MR) is 77.1 cm³/mol. The molecule has 0 radical (unpaired) electrons.